The number of thiophene rings is 1. The molecule has 0 saturated carbocycles. The molecule has 0 radical (unpaired) electrons. The van der Waals surface area contributed by atoms with Gasteiger partial charge in [0.25, 0.3) is 0 Å². The van der Waals surface area contributed by atoms with E-state index < -0.39 is 5.92 Å². The number of rotatable bonds is 3. The SMILES string of the molecule is CC(C#N)C(=O)N(C)Cc1ccsc1. The highest BCUT2D eigenvalue weighted by atomic mass is 32.1. The number of hydrogen-bond donors (Lipinski definition) is 0. The normalized spacial score (nSPS) is 11.8. The minimum absolute atomic E-state index is 0.126. The third kappa shape index (κ3) is 2.57. The molecule has 1 aromatic heterocycles. The van der Waals surface area contributed by atoms with Crippen LogP contribution in [0.1, 0.15) is 12.5 Å². The summed E-state index contributed by atoms with van der Waals surface area (Å²) in [4.78, 5) is 13.1. The lowest BCUT2D eigenvalue weighted by atomic mass is 10.2. The Morgan fingerprint density at radius 3 is 3.00 bits per heavy atom. The molecule has 74 valence electrons. The van der Waals surface area contributed by atoms with Crippen LogP contribution in [-0.2, 0) is 11.3 Å². The zero-order chi connectivity index (χ0) is 10.6. The van der Waals surface area contributed by atoms with Crippen molar-refractivity contribution in [1.82, 2.24) is 4.90 Å². The Labute approximate surface area is 87.6 Å². The van der Waals surface area contributed by atoms with Gasteiger partial charge >= 0.3 is 0 Å². The van der Waals surface area contributed by atoms with Crippen molar-refractivity contribution in [3.8, 4) is 6.07 Å². The van der Waals surface area contributed by atoms with Gasteiger partial charge in [-0.2, -0.15) is 16.6 Å². The van der Waals surface area contributed by atoms with E-state index in [0.29, 0.717) is 6.54 Å². The molecular formula is C10H12N2OS. The van der Waals surface area contributed by atoms with E-state index in [2.05, 4.69) is 0 Å². The lowest BCUT2D eigenvalue weighted by Gasteiger charge is -2.17. The van der Waals surface area contributed by atoms with Crippen LogP contribution in [0.5, 0.6) is 0 Å². The monoisotopic (exact) mass is 208 g/mol. The molecule has 0 fully saturated rings. The van der Waals surface area contributed by atoms with Gasteiger partial charge in [-0.25, -0.2) is 0 Å². The van der Waals surface area contributed by atoms with Gasteiger partial charge in [-0.15, -0.1) is 0 Å². The van der Waals surface area contributed by atoms with E-state index in [1.807, 2.05) is 22.9 Å². The zero-order valence-electron chi connectivity index (χ0n) is 8.23. The highest BCUT2D eigenvalue weighted by Gasteiger charge is 2.16. The summed E-state index contributed by atoms with van der Waals surface area (Å²) in [5.74, 6) is -0.683. The van der Waals surface area contributed by atoms with Crippen molar-refractivity contribution >= 4 is 17.2 Å². The number of nitrogens with zero attached hydrogens (tertiary/aromatic N) is 2. The van der Waals surface area contributed by atoms with Crippen molar-refractivity contribution in [3.05, 3.63) is 22.4 Å². The molecule has 1 atom stereocenters. The largest absolute Gasteiger partial charge is 0.340 e. The van der Waals surface area contributed by atoms with E-state index in [9.17, 15) is 4.79 Å². The van der Waals surface area contributed by atoms with Crippen molar-refractivity contribution in [1.29, 1.82) is 5.26 Å². The molecule has 0 N–H and O–H groups in total. The first-order chi connectivity index (χ1) is 6.65. The minimum Gasteiger partial charge on any atom is -0.340 e. The molecule has 3 nitrogen and oxygen atoms in total. The van der Waals surface area contributed by atoms with Crippen molar-refractivity contribution < 1.29 is 4.79 Å². The number of nitriles is 1. The molecule has 0 spiro atoms. The van der Waals surface area contributed by atoms with Crippen molar-refractivity contribution in [2.75, 3.05) is 7.05 Å². The van der Waals surface area contributed by atoms with Crippen molar-refractivity contribution in [2.45, 2.75) is 13.5 Å². The Balaban J connectivity index is 2.55. The minimum atomic E-state index is -0.557. The summed E-state index contributed by atoms with van der Waals surface area (Å²) in [6, 6.07) is 3.91. The van der Waals surface area contributed by atoms with Gasteiger partial charge in [0.1, 0.15) is 5.92 Å². The number of carbonyl (C=O) groups is 1. The average molecular weight is 208 g/mol. The van der Waals surface area contributed by atoms with Gasteiger partial charge in [0.05, 0.1) is 6.07 Å². The maximum absolute atomic E-state index is 11.5. The number of hydrogen-bond acceptors (Lipinski definition) is 3. The molecule has 1 aromatic rings. The Morgan fingerprint density at radius 2 is 2.50 bits per heavy atom. The maximum atomic E-state index is 11.5. The summed E-state index contributed by atoms with van der Waals surface area (Å²) in [6.07, 6.45) is 0. The fourth-order valence-corrected chi connectivity index (χ4v) is 1.78. The van der Waals surface area contributed by atoms with Gasteiger partial charge in [0, 0.05) is 13.6 Å². The van der Waals surface area contributed by atoms with E-state index in [-0.39, 0.29) is 5.91 Å². The Kier molecular flexibility index (Phi) is 3.66. The Hall–Kier alpha value is -1.34. The molecule has 14 heavy (non-hydrogen) atoms. The number of amides is 1. The van der Waals surface area contributed by atoms with Gasteiger partial charge in [0.2, 0.25) is 5.91 Å². The lowest BCUT2D eigenvalue weighted by Crippen LogP contribution is -2.30. The summed E-state index contributed by atoms with van der Waals surface area (Å²) >= 11 is 1.60. The molecule has 0 aliphatic rings. The first-order valence-corrected chi connectivity index (χ1v) is 5.25. The maximum Gasteiger partial charge on any atom is 0.239 e. The van der Waals surface area contributed by atoms with Crippen LogP contribution in [0, 0.1) is 17.2 Å². The smallest absolute Gasteiger partial charge is 0.239 e. The summed E-state index contributed by atoms with van der Waals surface area (Å²) in [5.41, 5.74) is 1.11. The van der Waals surface area contributed by atoms with Crippen LogP contribution in [0.15, 0.2) is 16.8 Å². The standard InChI is InChI=1S/C10H12N2OS/c1-8(5-11)10(13)12(2)6-9-3-4-14-7-9/h3-4,7-8H,6H2,1-2H3. The molecule has 1 unspecified atom stereocenters. The summed E-state index contributed by atoms with van der Waals surface area (Å²) in [6.45, 7) is 2.20. The predicted octanol–water partition coefficient (Wildman–Crippen LogP) is 1.87. The van der Waals surface area contributed by atoms with Crippen LogP contribution >= 0.6 is 11.3 Å². The van der Waals surface area contributed by atoms with Gasteiger partial charge in [-0.05, 0) is 29.3 Å². The van der Waals surface area contributed by atoms with E-state index in [0.717, 1.165) is 5.56 Å². The average Bonchev–Trinajstić information content (AvgIpc) is 2.68. The molecule has 0 bridgehead atoms. The van der Waals surface area contributed by atoms with Crippen LogP contribution in [0.25, 0.3) is 0 Å². The molecule has 0 saturated heterocycles. The fourth-order valence-electron chi connectivity index (χ4n) is 1.12. The molecule has 1 rings (SSSR count). The molecule has 1 heterocycles. The van der Waals surface area contributed by atoms with Crippen LogP contribution in [0.4, 0.5) is 0 Å². The summed E-state index contributed by atoms with van der Waals surface area (Å²) in [5, 5.41) is 12.6. The third-order valence-corrected chi connectivity index (χ3v) is 2.67. The Bertz CT molecular complexity index is 340. The summed E-state index contributed by atoms with van der Waals surface area (Å²) < 4.78 is 0. The highest BCUT2D eigenvalue weighted by Crippen LogP contribution is 2.10. The highest BCUT2D eigenvalue weighted by molar-refractivity contribution is 7.07. The first kappa shape index (κ1) is 10.7. The van der Waals surface area contributed by atoms with E-state index >= 15 is 0 Å². The molecular weight excluding hydrogens is 196 g/mol. The van der Waals surface area contributed by atoms with Crippen LogP contribution < -0.4 is 0 Å². The zero-order valence-corrected chi connectivity index (χ0v) is 9.04. The Morgan fingerprint density at radius 1 is 1.79 bits per heavy atom. The predicted molar refractivity (Wildman–Crippen MR) is 55.6 cm³/mol. The third-order valence-electron chi connectivity index (χ3n) is 1.94. The van der Waals surface area contributed by atoms with E-state index in [4.69, 9.17) is 5.26 Å². The second-order valence-electron chi connectivity index (χ2n) is 3.18. The second-order valence-corrected chi connectivity index (χ2v) is 3.96. The van der Waals surface area contributed by atoms with Crippen molar-refractivity contribution in [2.24, 2.45) is 5.92 Å². The van der Waals surface area contributed by atoms with Crippen LogP contribution in [0.2, 0.25) is 0 Å². The van der Waals surface area contributed by atoms with E-state index in [1.54, 1.807) is 30.2 Å². The molecule has 0 aliphatic carbocycles. The van der Waals surface area contributed by atoms with Gasteiger partial charge in [-0.3, -0.25) is 4.79 Å². The van der Waals surface area contributed by atoms with Crippen LogP contribution in [0.3, 0.4) is 0 Å². The van der Waals surface area contributed by atoms with Gasteiger partial charge in [-0.1, -0.05) is 0 Å². The molecule has 1 amide bonds. The first-order valence-electron chi connectivity index (χ1n) is 4.31. The topological polar surface area (TPSA) is 44.1 Å². The number of carbonyl (C=O) groups excluding carboxylic acids is 1. The van der Waals surface area contributed by atoms with Crippen molar-refractivity contribution in [3.63, 3.8) is 0 Å². The molecule has 0 aliphatic heterocycles. The van der Waals surface area contributed by atoms with E-state index in [1.165, 1.54) is 0 Å². The fraction of sp³-hybridized carbons (Fsp3) is 0.400. The second kappa shape index (κ2) is 4.77. The van der Waals surface area contributed by atoms with Gasteiger partial charge in [0.15, 0.2) is 0 Å². The molecule has 4 heteroatoms. The molecule has 0 aromatic carbocycles. The van der Waals surface area contributed by atoms with Crippen LogP contribution in [-0.4, -0.2) is 17.9 Å². The van der Waals surface area contributed by atoms with Gasteiger partial charge < -0.3 is 4.90 Å². The quantitative estimate of drug-likeness (QED) is 0.761. The summed E-state index contributed by atoms with van der Waals surface area (Å²) in [7, 11) is 1.72. The lowest BCUT2D eigenvalue weighted by molar-refractivity contribution is -0.132.